The predicted octanol–water partition coefficient (Wildman–Crippen LogP) is 3.32. The largest absolute Gasteiger partial charge is 0.381 e. The fourth-order valence-corrected chi connectivity index (χ4v) is 4.18. The van der Waals surface area contributed by atoms with Crippen LogP contribution in [0.2, 0.25) is 0 Å². The quantitative estimate of drug-likeness (QED) is 0.811. The first-order valence-corrected chi connectivity index (χ1v) is 10.3. The van der Waals surface area contributed by atoms with Crippen LogP contribution in [0.1, 0.15) is 63.5 Å². The highest BCUT2D eigenvalue weighted by molar-refractivity contribution is 5.79. The van der Waals surface area contributed by atoms with E-state index in [0.717, 1.165) is 76.8 Å². The molecule has 0 saturated carbocycles. The molecule has 0 radical (unpaired) electrons. The third-order valence-corrected chi connectivity index (χ3v) is 5.86. The minimum Gasteiger partial charge on any atom is -0.381 e. The molecule has 3 heterocycles. The van der Waals surface area contributed by atoms with Crippen molar-refractivity contribution in [1.29, 1.82) is 0 Å². The summed E-state index contributed by atoms with van der Waals surface area (Å²) in [5, 5.41) is 3.31. The van der Waals surface area contributed by atoms with E-state index < -0.39 is 0 Å². The monoisotopic (exact) mass is 359 g/mol. The summed E-state index contributed by atoms with van der Waals surface area (Å²) in [6.07, 6.45) is 11.1. The Morgan fingerprint density at radius 2 is 2.08 bits per heavy atom. The van der Waals surface area contributed by atoms with Crippen molar-refractivity contribution < 1.29 is 9.53 Å². The van der Waals surface area contributed by atoms with Crippen LogP contribution in [0.3, 0.4) is 0 Å². The number of piperidine rings is 1. The van der Waals surface area contributed by atoms with E-state index in [1.807, 2.05) is 12.3 Å². The Bertz CT molecular complexity index is 537. The number of pyridine rings is 1. The lowest BCUT2D eigenvalue weighted by Gasteiger charge is -2.39. The van der Waals surface area contributed by atoms with Crippen LogP contribution in [0.4, 0.5) is 0 Å². The van der Waals surface area contributed by atoms with Gasteiger partial charge >= 0.3 is 0 Å². The molecule has 0 aliphatic carbocycles. The summed E-state index contributed by atoms with van der Waals surface area (Å²) in [6.45, 7) is 6.03. The number of likely N-dealkylation sites (tertiary alicyclic amines) is 1. The Labute approximate surface area is 157 Å². The fourth-order valence-electron chi connectivity index (χ4n) is 4.18. The average molecular weight is 360 g/mol. The summed E-state index contributed by atoms with van der Waals surface area (Å²) in [5.74, 6) is 0.369. The van der Waals surface area contributed by atoms with Crippen LogP contribution in [0.15, 0.2) is 24.5 Å². The standard InChI is InChI=1S/C21H33N3O2/c1-2-3-6-20(18-5-4-11-22-16-18)23-21(25)17-7-12-24(13-8-17)19-9-14-26-15-10-19/h4-5,11,16-17,19-20H,2-3,6-10,12-15H2,1H3,(H,23,25)/t20-/m1/s1. The number of aromatic nitrogens is 1. The second-order valence-electron chi connectivity index (χ2n) is 7.64. The van der Waals surface area contributed by atoms with Crippen LogP contribution in [0.25, 0.3) is 0 Å². The molecule has 144 valence electrons. The van der Waals surface area contributed by atoms with Gasteiger partial charge in [0.2, 0.25) is 5.91 Å². The Hall–Kier alpha value is -1.46. The fraction of sp³-hybridized carbons (Fsp3) is 0.714. The zero-order chi connectivity index (χ0) is 18.2. The van der Waals surface area contributed by atoms with E-state index >= 15 is 0 Å². The molecule has 3 rings (SSSR count). The van der Waals surface area contributed by atoms with E-state index in [1.54, 1.807) is 6.20 Å². The van der Waals surface area contributed by atoms with Gasteiger partial charge in [0.05, 0.1) is 6.04 Å². The molecule has 1 atom stereocenters. The van der Waals surface area contributed by atoms with Crippen LogP contribution < -0.4 is 5.32 Å². The van der Waals surface area contributed by atoms with Gasteiger partial charge in [0.1, 0.15) is 0 Å². The number of nitrogens with zero attached hydrogens (tertiary/aromatic N) is 2. The second kappa shape index (κ2) is 10.0. The van der Waals surface area contributed by atoms with Gasteiger partial charge in [0.25, 0.3) is 0 Å². The van der Waals surface area contributed by atoms with Crippen LogP contribution in [0, 0.1) is 5.92 Å². The zero-order valence-electron chi connectivity index (χ0n) is 16.0. The van der Waals surface area contributed by atoms with Gasteiger partial charge in [0.15, 0.2) is 0 Å². The molecule has 0 spiro atoms. The molecule has 0 bridgehead atoms. The lowest BCUT2D eigenvalue weighted by molar-refractivity contribution is -0.127. The highest BCUT2D eigenvalue weighted by atomic mass is 16.5. The third kappa shape index (κ3) is 5.27. The number of hydrogen-bond donors (Lipinski definition) is 1. The lowest BCUT2D eigenvalue weighted by atomic mass is 9.92. The smallest absolute Gasteiger partial charge is 0.223 e. The first-order valence-electron chi connectivity index (χ1n) is 10.3. The van der Waals surface area contributed by atoms with Gasteiger partial charge in [0, 0.05) is 37.6 Å². The molecule has 1 amide bonds. The van der Waals surface area contributed by atoms with Crippen molar-refractivity contribution >= 4 is 5.91 Å². The van der Waals surface area contributed by atoms with Gasteiger partial charge in [-0.3, -0.25) is 9.78 Å². The van der Waals surface area contributed by atoms with E-state index in [4.69, 9.17) is 4.74 Å². The summed E-state index contributed by atoms with van der Waals surface area (Å²) >= 11 is 0. The Kier molecular flexibility index (Phi) is 7.44. The summed E-state index contributed by atoms with van der Waals surface area (Å²) in [5.41, 5.74) is 1.12. The normalized spacial score (nSPS) is 21.4. The zero-order valence-corrected chi connectivity index (χ0v) is 16.0. The van der Waals surface area contributed by atoms with Gasteiger partial charge in [-0.1, -0.05) is 25.8 Å². The number of nitrogens with one attached hydrogen (secondary N) is 1. The van der Waals surface area contributed by atoms with E-state index in [2.05, 4.69) is 28.2 Å². The van der Waals surface area contributed by atoms with E-state index in [9.17, 15) is 4.79 Å². The molecule has 1 aromatic rings. The summed E-state index contributed by atoms with van der Waals surface area (Å²) in [7, 11) is 0. The van der Waals surface area contributed by atoms with E-state index in [0.29, 0.717) is 6.04 Å². The minimum absolute atomic E-state index is 0.0877. The Morgan fingerprint density at radius 3 is 2.73 bits per heavy atom. The molecule has 1 N–H and O–H groups in total. The highest BCUT2D eigenvalue weighted by Gasteiger charge is 2.30. The van der Waals surface area contributed by atoms with Crippen molar-refractivity contribution in [1.82, 2.24) is 15.2 Å². The molecule has 1 aromatic heterocycles. The number of rotatable bonds is 7. The molecule has 0 unspecified atom stereocenters. The maximum Gasteiger partial charge on any atom is 0.223 e. The number of amides is 1. The van der Waals surface area contributed by atoms with Crippen LogP contribution in [0.5, 0.6) is 0 Å². The first kappa shape index (κ1) is 19.3. The summed E-state index contributed by atoms with van der Waals surface area (Å²) < 4.78 is 5.47. The molecule has 0 aromatic carbocycles. The molecule has 2 fully saturated rings. The molecule has 5 heteroatoms. The minimum atomic E-state index is 0.0877. The molecule has 2 aliphatic heterocycles. The predicted molar refractivity (Wildman–Crippen MR) is 103 cm³/mol. The second-order valence-corrected chi connectivity index (χ2v) is 7.64. The van der Waals surface area contributed by atoms with Crippen LogP contribution in [-0.4, -0.2) is 48.1 Å². The van der Waals surface area contributed by atoms with E-state index in [1.165, 1.54) is 0 Å². The maximum atomic E-state index is 12.9. The van der Waals surface area contributed by atoms with Crippen LogP contribution >= 0.6 is 0 Å². The number of carbonyl (C=O) groups excluding carboxylic acids is 1. The topological polar surface area (TPSA) is 54.5 Å². The lowest BCUT2D eigenvalue weighted by Crippen LogP contribution is -2.47. The highest BCUT2D eigenvalue weighted by Crippen LogP contribution is 2.25. The van der Waals surface area contributed by atoms with Gasteiger partial charge in [-0.2, -0.15) is 0 Å². The van der Waals surface area contributed by atoms with Crippen molar-refractivity contribution in [3.63, 3.8) is 0 Å². The SMILES string of the molecule is CCCC[C@@H](NC(=O)C1CCN(C2CCOCC2)CC1)c1cccnc1. The van der Waals surface area contributed by atoms with Crippen molar-refractivity contribution in [2.45, 2.75) is 64.0 Å². The Morgan fingerprint density at radius 1 is 1.31 bits per heavy atom. The molecular formula is C21H33N3O2. The number of hydrogen-bond acceptors (Lipinski definition) is 4. The molecule has 2 aliphatic rings. The molecule has 26 heavy (non-hydrogen) atoms. The Balaban J connectivity index is 1.51. The van der Waals surface area contributed by atoms with Crippen molar-refractivity contribution in [2.24, 2.45) is 5.92 Å². The number of unbranched alkanes of at least 4 members (excludes halogenated alkanes) is 1. The average Bonchev–Trinajstić information content (AvgIpc) is 2.72. The summed E-state index contributed by atoms with van der Waals surface area (Å²) in [4.78, 5) is 19.7. The van der Waals surface area contributed by atoms with E-state index in [-0.39, 0.29) is 17.9 Å². The van der Waals surface area contributed by atoms with Crippen molar-refractivity contribution in [3.05, 3.63) is 30.1 Å². The van der Waals surface area contributed by atoms with Gasteiger partial charge in [-0.25, -0.2) is 0 Å². The number of carbonyl (C=O) groups is 1. The van der Waals surface area contributed by atoms with Crippen LogP contribution in [-0.2, 0) is 9.53 Å². The van der Waals surface area contributed by atoms with Gasteiger partial charge < -0.3 is 15.0 Å². The van der Waals surface area contributed by atoms with Crippen molar-refractivity contribution in [2.75, 3.05) is 26.3 Å². The molecule has 2 saturated heterocycles. The molecule has 5 nitrogen and oxygen atoms in total. The number of ether oxygens (including phenoxy) is 1. The maximum absolute atomic E-state index is 12.9. The van der Waals surface area contributed by atoms with Gasteiger partial charge in [-0.05, 0) is 56.8 Å². The first-order chi connectivity index (χ1) is 12.8. The van der Waals surface area contributed by atoms with Gasteiger partial charge in [-0.15, -0.1) is 0 Å². The van der Waals surface area contributed by atoms with Crippen molar-refractivity contribution in [3.8, 4) is 0 Å². The molecular weight excluding hydrogens is 326 g/mol. The summed E-state index contributed by atoms with van der Waals surface area (Å²) in [6, 6.07) is 4.76. The third-order valence-electron chi connectivity index (χ3n) is 5.86.